The molecule has 3 aliphatic rings. The number of morpholine rings is 1. The number of alkyl halides is 3. The maximum absolute atomic E-state index is 12.2. The second-order valence-corrected chi connectivity index (χ2v) is 7.55. The molecule has 26 heavy (non-hydrogen) atoms. The lowest BCUT2D eigenvalue weighted by Gasteiger charge is -2.37. The molecule has 3 atom stereocenters. The molecule has 3 rings (SSSR count). The normalized spacial score (nSPS) is 28.9. The number of aliphatic carboxylic acids is 1. The zero-order valence-electron chi connectivity index (χ0n) is 15.1. The van der Waals surface area contributed by atoms with Gasteiger partial charge in [-0.05, 0) is 45.4 Å². The highest BCUT2D eigenvalue weighted by Crippen LogP contribution is 2.37. The molecule has 2 aliphatic carbocycles. The van der Waals surface area contributed by atoms with Crippen LogP contribution in [0.5, 0.6) is 0 Å². The quantitative estimate of drug-likeness (QED) is 0.780. The maximum atomic E-state index is 12.2. The number of nitrogens with one attached hydrogen (secondary N) is 1. The van der Waals surface area contributed by atoms with Gasteiger partial charge in [-0.25, -0.2) is 4.79 Å². The van der Waals surface area contributed by atoms with E-state index in [1.54, 1.807) is 0 Å². The Morgan fingerprint density at radius 1 is 1.27 bits per heavy atom. The number of carboxylic acid groups (broad SMARTS) is 1. The first-order chi connectivity index (χ1) is 12.1. The maximum Gasteiger partial charge on any atom is 0.490 e. The fraction of sp³-hybridized carbons (Fsp3) is 0.882. The lowest BCUT2D eigenvalue weighted by Crippen LogP contribution is -2.49. The van der Waals surface area contributed by atoms with Gasteiger partial charge in [-0.3, -0.25) is 9.69 Å². The highest BCUT2D eigenvalue weighted by atomic mass is 19.4. The van der Waals surface area contributed by atoms with E-state index < -0.39 is 12.1 Å². The molecule has 0 spiro atoms. The predicted octanol–water partition coefficient (Wildman–Crippen LogP) is 2.03. The monoisotopic (exact) mass is 380 g/mol. The zero-order chi connectivity index (χ0) is 19.5. The van der Waals surface area contributed by atoms with Gasteiger partial charge < -0.3 is 15.2 Å². The molecule has 0 aromatic heterocycles. The third-order valence-electron chi connectivity index (χ3n) is 4.89. The van der Waals surface area contributed by atoms with Gasteiger partial charge in [0.2, 0.25) is 5.91 Å². The van der Waals surface area contributed by atoms with E-state index in [4.69, 9.17) is 14.6 Å². The second kappa shape index (κ2) is 8.56. The van der Waals surface area contributed by atoms with Crippen LogP contribution < -0.4 is 5.32 Å². The van der Waals surface area contributed by atoms with Gasteiger partial charge in [0.1, 0.15) is 0 Å². The van der Waals surface area contributed by atoms with Crippen LogP contribution in [0.4, 0.5) is 13.2 Å². The number of fused-ring (bicyclic) bond motifs is 1. The van der Waals surface area contributed by atoms with Crippen LogP contribution in [0.25, 0.3) is 0 Å². The highest BCUT2D eigenvalue weighted by Gasteiger charge is 2.44. The van der Waals surface area contributed by atoms with Crippen molar-refractivity contribution < 1.29 is 32.6 Å². The highest BCUT2D eigenvalue weighted by molar-refractivity contribution is 5.79. The number of ether oxygens (including phenoxy) is 1. The Hall–Kier alpha value is -1.35. The smallest absolute Gasteiger partial charge is 0.475 e. The predicted molar refractivity (Wildman–Crippen MR) is 87.5 cm³/mol. The van der Waals surface area contributed by atoms with Gasteiger partial charge in [0.05, 0.1) is 12.7 Å². The van der Waals surface area contributed by atoms with Crippen LogP contribution in [0.15, 0.2) is 0 Å². The van der Waals surface area contributed by atoms with Crippen LogP contribution in [0.3, 0.4) is 0 Å². The van der Waals surface area contributed by atoms with Crippen molar-refractivity contribution in [1.82, 2.24) is 10.2 Å². The van der Waals surface area contributed by atoms with Gasteiger partial charge in [0.15, 0.2) is 0 Å². The Balaban J connectivity index is 0.000000298. The molecule has 1 amide bonds. The average Bonchev–Trinajstić information content (AvgIpc) is 3.21. The third-order valence-corrected chi connectivity index (χ3v) is 4.89. The van der Waals surface area contributed by atoms with Gasteiger partial charge in [-0.1, -0.05) is 0 Å². The van der Waals surface area contributed by atoms with E-state index >= 15 is 0 Å². The van der Waals surface area contributed by atoms with Gasteiger partial charge in [-0.2, -0.15) is 13.2 Å². The Labute approximate surface area is 151 Å². The minimum Gasteiger partial charge on any atom is -0.475 e. The van der Waals surface area contributed by atoms with E-state index in [1.165, 1.54) is 19.4 Å². The fourth-order valence-corrected chi connectivity index (χ4v) is 3.50. The summed E-state index contributed by atoms with van der Waals surface area (Å²) in [7, 11) is 0. The van der Waals surface area contributed by atoms with Crippen molar-refractivity contribution in [3.8, 4) is 0 Å². The molecule has 150 valence electrons. The van der Waals surface area contributed by atoms with E-state index in [0.29, 0.717) is 6.04 Å². The Morgan fingerprint density at radius 3 is 2.38 bits per heavy atom. The van der Waals surface area contributed by atoms with Gasteiger partial charge in [-0.15, -0.1) is 0 Å². The van der Waals surface area contributed by atoms with Gasteiger partial charge >= 0.3 is 12.1 Å². The average molecular weight is 380 g/mol. The molecule has 1 saturated heterocycles. The topological polar surface area (TPSA) is 78.9 Å². The largest absolute Gasteiger partial charge is 0.490 e. The summed E-state index contributed by atoms with van der Waals surface area (Å²) in [6.45, 7) is 7.16. The number of nitrogens with zero attached hydrogens (tertiary/aromatic N) is 1. The van der Waals surface area contributed by atoms with Crippen LogP contribution in [0, 0.1) is 11.8 Å². The van der Waals surface area contributed by atoms with Crippen LogP contribution in [-0.2, 0) is 14.3 Å². The van der Waals surface area contributed by atoms with Crippen LogP contribution >= 0.6 is 0 Å². The number of carbonyl (C=O) groups excluding carboxylic acids is 1. The molecule has 9 heteroatoms. The molecule has 2 N–H and O–H groups in total. The molecular weight excluding hydrogens is 353 g/mol. The summed E-state index contributed by atoms with van der Waals surface area (Å²) in [5.74, 6) is -1.47. The number of carboxylic acids is 1. The second-order valence-electron chi connectivity index (χ2n) is 7.55. The number of rotatable bonds is 4. The standard InChI is InChI=1S/C15H26N2O2.C2HF3O2/c1-10(2)16-15(18)12-7-13-14(8-12)19-6-5-17(13)9-11-3-4-11;3-2(4,5)1(6)7/h10-14H,3-9H2,1-2H3,(H,16,18);(H,6,7)/t12-,13+,14+;/m0./s1. The third kappa shape index (κ3) is 6.12. The van der Waals surface area contributed by atoms with Crippen LogP contribution in [0.2, 0.25) is 0 Å². The van der Waals surface area contributed by atoms with Crippen molar-refractivity contribution in [3.05, 3.63) is 0 Å². The lowest BCUT2D eigenvalue weighted by atomic mass is 10.1. The zero-order valence-corrected chi connectivity index (χ0v) is 15.1. The van der Waals surface area contributed by atoms with E-state index in [0.717, 1.165) is 31.9 Å². The molecule has 0 radical (unpaired) electrons. The summed E-state index contributed by atoms with van der Waals surface area (Å²) in [6, 6.07) is 0.718. The van der Waals surface area contributed by atoms with E-state index in [-0.39, 0.29) is 24.0 Å². The van der Waals surface area contributed by atoms with E-state index in [9.17, 15) is 18.0 Å². The summed E-state index contributed by atoms with van der Waals surface area (Å²) >= 11 is 0. The van der Waals surface area contributed by atoms with Crippen LogP contribution in [0.1, 0.15) is 39.5 Å². The van der Waals surface area contributed by atoms with Crippen LogP contribution in [-0.4, -0.2) is 65.9 Å². The van der Waals surface area contributed by atoms with E-state index in [1.807, 2.05) is 13.8 Å². The first kappa shape index (κ1) is 21.0. The van der Waals surface area contributed by atoms with Crippen molar-refractivity contribution in [3.63, 3.8) is 0 Å². The fourth-order valence-electron chi connectivity index (χ4n) is 3.50. The molecular formula is C17H27F3N2O4. The first-order valence-electron chi connectivity index (χ1n) is 9.04. The molecule has 1 heterocycles. The molecule has 0 bridgehead atoms. The number of carbonyl (C=O) groups is 2. The summed E-state index contributed by atoms with van der Waals surface area (Å²) < 4.78 is 37.6. The minimum atomic E-state index is -5.08. The Morgan fingerprint density at radius 2 is 1.88 bits per heavy atom. The lowest BCUT2D eigenvalue weighted by molar-refractivity contribution is -0.192. The summed E-state index contributed by atoms with van der Waals surface area (Å²) in [6.07, 6.45) is -0.117. The van der Waals surface area contributed by atoms with Crippen molar-refractivity contribution in [2.75, 3.05) is 19.7 Å². The molecule has 6 nitrogen and oxygen atoms in total. The SMILES string of the molecule is CC(C)NC(=O)[C@H]1C[C@@H]2[C@@H](C1)OCCN2CC1CC1.O=C(O)C(F)(F)F. The molecule has 2 saturated carbocycles. The Bertz CT molecular complexity index is 509. The van der Waals surface area contributed by atoms with Gasteiger partial charge in [0, 0.05) is 31.1 Å². The number of hydrogen-bond donors (Lipinski definition) is 2. The van der Waals surface area contributed by atoms with Gasteiger partial charge in [0.25, 0.3) is 0 Å². The van der Waals surface area contributed by atoms with Crippen molar-refractivity contribution in [2.24, 2.45) is 11.8 Å². The minimum absolute atomic E-state index is 0.150. The number of hydrogen-bond acceptors (Lipinski definition) is 4. The van der Waals surface area contributed by atoms with Crippen molar-refractivity contribution >= 4 is 11.9 Å². The molecule has 0 unspecified atom stereocenters. The summed E-state index contributed by atoms with van der Waals surface area (Å²) in [5.41, 5.74) is 0. The molecule has 1 aliphatic heterocycles. The summed E-state index contributed by atoms with van der Waals surface area (Å²) in [4.78, 5) is 23.6. The molecule has 0 aromatic carbocycles. The molecule has 0 aromatic rings. The Kier molecular flexibility index (Phi) is 6.90. The van der Waals surface area contributed by atoms with Crippen molar-refractivity contribution in [1.29, 1.82) is 0 Å². The first-order valence-corrected chi connectivity index (χ1v) is 9.04. The summed E-state index contributed by atoms with van der Waals surface area (Å²) in [5, 5.41) is 10.2. The van der Waals surface area contributed by atoms with Crippen molar-refractivity contribution in [2.45, 2.75) is 63.9 Å². The number of halogens is 3. The number of amides is 1. The van der Waals surface area contributed by atoms with E-state index in [2.05, 4.69) is 10.2 Å². The molecule has 3 fully saturated rings.